The lowest BCUT2D eigenvalue weighted by atomic mass is 10.1. The van der Waals surface area contributed by atoms with E-state index in [-0.39, 0.29) is 5.56 Å². The first-order chi connectivity index (χ1) is 22.8. The van der Waals surface area contributed by atoms with E-state index in [0.717, 1.165) is 61.3 Å². The lowest BCUT2D eigenvalue weighted by Gasteiger charge is -2.21. The Morgan fingerprint density at radius 3 is 2.09 bits per heavy atom. The highest BCUT2D eigenvalue weighted by molar-refractivity contribution is 5.93. The van der Waals surface area contributed by atoms with Gasteiger partial charge in [-0.1, -0.05) is 77.5 Å². The molecule has 2 N–H and O–H groups in total. The van der Waals surface area contributed by atoms with Crippen LogP contribution in [0.3, 0.4) is 0 Å². The average molecular weight is 647 g/mol. The largest absolute Gasteiger partial charge is 0.457 e. The van der Waals surface area contributed by atoms with Crippen LogP contribution in [-0.4, -0.2) is 65.9 Å². The highest BCUT2D eigenvalue weighted by Crippen LogP contribution is 2.33. The van der Waals surface area contributed by atoms with Crippen molar-refractivity contribution in [1.82, 2.24) is 24.8 Å². The van der Waals surface area contributed by atoms with Gasteiger partial charge in [-0.3, -0.25) is 4.79 Å². The van der Waals surface area contributed by atoms with Gasteiger partial charge in [0.05, 0.1) is 11.7 Å². The molecule has 0 unspecified atom stereocenters. The molecule has 3 heterocycles. The third-order valence-corrected chi connectivity index (χ3v) is 6.87. The van der Waals surface area contributed by atoms with Crippen molar-refractivity contribution in [3.8, 4) is 16.9 Å². The Bertz CT molecular complexity index is 1380. The number of allylic oxidation sites excluding steroid dienone is 5. The van der Waals surface area contributed by atoms with E-state index in [1.54, 1.807) is 25.4 Å². The number of nitrogens with one attached hydrogen (secondary N) is 2. The molecule has 1 fully saturated rings. The zero-order valence-corrected chi connectivity index (χ0v) is 30.7. The minimum Gasteiger partial charge on any atom is -0.457 e. The smallest absolute Gasteiger partial charge is 0.260 e. The molecule has 8 nitrogen and oxygen atoms in total. The second-order valence-electron chi connectivity index (χ2n) is 10.5. The fourth-order valence-electron chi connectivity index (χ4n) is 4.70. The van der Waals surface area contributed by atoms with Gasteiger partial charge in [0, 0.05) is 51.0 Å². The van der Waals surface area contributed by atoms with Crippen molar-refractivity contribution in [2.24, 2.45) is 4.99 Å². The van der Waals surface area contributed by atoms with Crippen LogP contribution in [0.4, 0.5) is 0 Å². The number of nitrogens with zero attached hydrogens (tertiary/aromatic N) is 4. The highest BCUT2D eigenvalue weighted by atomic mass is 16.5. The molecule has 1 aliphatic rings. The summed E-state index contributed by atoms with van der Waals surface area (Å²) in [4.78, 5) is 25.9. The van der Waals surface area contributed by atoms with E-state index in [1.807, 2.05) is 77.1 Å². The zero-order chi connectivity index (χ0) is 35.5. The summed E-state index contributed by atoms with van der Waals surface area (Å²) >= 11 is 0. The molecule has 0 radical (unpaired) electrons. The number of H-pyrrole nitrogens is 1. The monoisotopic (exact) mass is 646 g/mol. The van der Waals surface area contributed by atoms with E-state index in [2.05, 4.69) is 70.0 Å². The van der Waals surface area contributed by atoms with E-state index in [4.69, 9.17) is 4.74 Å². The topological polar surface area (TPSA) is 87.5 Å². The maximum absolute atomic E-state index is 12.7. The Kier molecular flexibility index (Phi) is 24.8. The molecule has 47 heavy (non-hydrogen) atoms. The SMILES string of the molecule is C=C/C=C(\C=C/C)Oc1ccc(-c2cn(C(CCC)CCC)c3nc[nH]c(=O)c23)cc1.C=CC.CC.CC=NC.CN1CCNCC1. The normalized spacial score (nSPS) is 13.0. The number of piperazine rings is 1. The number of ether oxygens (including phenoxy) is 1. The first-order valence-electron chi connectivity index (χ1n) is 17.0. The number of aliphatic imine (C=N–C) groups is 1. The van der Waals surface area contributed by atoms with Crippen molar-refractivity contribution in [2.45, 2.75) is 80.2 Å². The quantitative estimate of drug-likeness (QED) is 0.0994. The van der Waals surface area contributed by atoms with Crippen LogP contribution in [0, 0.1) is 0 Å². The van der Waals surface area contributed by atoms with Gasteiger partial charge in [-0.2, -0.15) is 0 Å². The first-order valence-corrected chi connectivity index (χ1v) is 17.0. The van der Waals surface area contributed by atoms with Crippen molar-refractivity contribution in [3.63, 3.8) is 0 Å². The van der Waals surface area contributed by atoms with Crippen LogP contribution in [0.25, 0.3) is 22.2 Å². The Labute approximate surface area is 285 Å². The van der Waals surface area contributed by atoms with Crippen LogP contribution in [0.1, 0.15) is 80.2 Å². The van der Waals surface area contributed by atoms with E-state index >= 15 is 0 Å². The maximum atomic E-state index is 12.7. The number of benzene rings is 1. The van der Waals surface area contributed by atoms with Crippen LogP contribution in [-0.2, 0) is 0 Å². The average Bonchev–Trinajstić information content (AvgIpc) is 3.48. The Balaban J connectivity index is 0.00000109. The summed E-state index contributed by atoms with van der Waals surface area (Å²) in [6.45, 7) is 25.9. The van der Waals surface area contributed by atoms with Crippen LogP contribution in [0.2, 0.25) is 0 Å². The fourth-order valence-corrected chi connectivity index (χ4v) is 4.70. The van der Waals surface area contributed by atoms with Crippen LogP contribution in [0.5, 0.6) is 5.75 Å². The van der Waals surface area contributed by atoms with Crippen molar-refractivity contribution >= 4 is 17.2 Å². The molecule has 0 aliphatic carbocycles. The molecule has 1 aromatic carbocycles. The summed E-state index contributed by atoms with van der Waals surface area (Å²) in [7, 11) is 3.90. The Hall–Kier alpha value is -4.01. The minimum absolute atomic E-state index is 0.116. The van der Waals surface area contributed by atoms with Crippen molar-refractivity contribution < 1.29 is 4.74 Å². The van der Waals surface area contributed by atoms with Gasteiger partial charge < -0.3 is 29.5 Å². The third-order valence-electron chi connectivity index (χ3n) is 6.87. The number of hydrogen-bond acceptors (Lipinski definition) is 6. The number of hydrogen-bond donors (Lipinski definition) is 2. The molecule has 1 aliphatic heterocycles. The zero-order valence-electron chi connectivity index (χ0n) is 30.7. The lowest BCUT2D eigenvalue weighted by Crippen LogP contribution is -2.40. The van der Waals surface area contributed by atoms with E-state index in [9.17, 15) is 4.79 Å². The van der Waals surface area contributed by atoms with E-state index in [0.29, 0.717) is 17.2 Å². The molecular formula is C39H62N6O2. The fraction of sp³-hybridized carbons (Fsp3) is 0.462. The molecule has 0 amide bonds. The van der Waals surface area contributed by atoms with Gasteiger partial charge in [-0.25, -0.2) is 4.98 Å². The standard InChI is InChI=1S/C26H31N3O2.C5H12N2.C3H7N.C3H6.C2H6/c1-5-9-20(10-6-2)29-17-23(24-25(29)27-18-28-26(24)30)19-13-15-22(16-14-19)31-21(11-7-3)12-8-4;1-7-4-2-6-3-5-7;1-3-4-2;1-3-2;1-2/h7-8,11-18,20H,3,5-6,9-10H2,1-2,4H3,(H,27,28,30);6H,2-5H2,1H3;3H,1-2H3;3H,1H2,2H3;1-2H3/b12-8-,21-11+;;;;. The molecule has 3 aromatic rings. The summed E-state index contributed by atoms with van der Waals surface area (Å²) in [6.07, 6.45) is 18.7. The molecule has 4 rings (SSSR count). The third kappa shape index (κ3) is 15.9. The number of aromatic amines is 1. The molecule has 8 heteroatoms. The van der Waals surface area contributed by atoms with Crippen LogP contribution in [0.15, 0.2) is 95.9 Å². The molecule has 2 aromatic heterocycles. The second kappa shape index (κ2) is 27.1. The van der Waals surface area contributed by atoms with Gasteiger partial charge in [-0.15, -0.1) is 6.58 Å². The van der Waals surface area contributed by atoms with E-state index in [1.165, 1.54) is 19.4 Å². The molecule has 0 bridgehead atoms. The molecule has 0 saturated carbocycles. The number of rotatable bonds is 10. The van der Waals surface area contributed by atoms with E-state index < -0.39 is 0 Å². The Morgan fingerprint density at radius 2 is 1.64 bits per heavy atom. The predicted molar refractivity (Wildman–Crippen MR) is 206 cm³/mol. The maximum Gasteiger partial charge on any atom is 0.260 e. The highest BCUT2D eigenvalue weighted by Gasteiger charge is 2.19. The summed E-state index contributed by atoms with van der Waals surface area (Å²) in [5.74, 6) is 1.44. The minimum atomic E-state index is -0.116. The summed E-state index contributed by atoms with van der Waals surface area (Å²) < 4.78 is 8.11. The van der Waals surface area contributed by atoms with Gasteiger partial charge in [-0.05, 0) is 76.7 Å². The van der Waals surface area contributed by atoms with Crippen LogP contribution < -0.4 is 15.6 Å². The predicted octanol–water partition coefficient (Wildman–Crippen LogP) is 9.00. The molecule has 260 valence electrons. The van der Waals surface area contributed by atoms with Crippen LogP contribution >= 0.6 is 0 Å². The van der Waals surface area contributed by atoms with Crippen molar-refractivity contribution in [2.75, 3.05) is 40.3 Å². The molecule has 0 spiro atoms. The number of likely N-dealkylation sites (N-methyl/N-ethyl adjacent to an activating group) is 1. The van der Waals surface area contributed by atoms with Gasteiger partial charge in [0.15, 0.2) is 0 Å². The molecule has 0 atom stereocenters. The van der Waals surface area contributed by atoms with Crippen molar-refractivity contribution in [3.05, 3.63) is 96.4 Å². The second-order valence-corrected chi connectivity index (χ2v) is 10.5. The Morgan fingerprint density at radius 1 is 1.06 bits per heavy atom. The number of aromatic nitrogens is 3. The van der Waals surface area contributed by atoms with Crippen molar-refractivity contribution in [1.29, 1.82) is 0 Å². The first kappa shape index (κ1) is 43.0. The summed E-state index contributed by atoms with van der Waals surface area (Å²) in [6, 6.07) is 8.13. The van der Waals surface area contributed by atoms with Gasteiger partial charge >= 0.3 is 0 Å². The van der Waals surface area contributed by atoms with Gasteiger partial charge in [0.2, 0.25) is 0 Å². The summed E-state index contributed by atoms with van der Waals surface area (Å²) in [5, 5.41) is 3.91. The number of fused-ring (bicyclic) bond motifs is 1. The van der Waals surface area contributed by atoms with Gasteiger partial charge in [0.25, 0.3) is 5.56 Å². The molecular weight excluding hydrogens is 584 g/mol. The lowest BCUT2D eigenvalue weighted by molar-refractivity contribution is 0.291. The summed E-state index contributed by atoms with van der Waals surface area (Å²) in [5.41, 5.74) is 2.48. The van der Waals surface area contributed by atoms with Gasteiger partial charge in [0.1, 0.15) is 17.2 Å². The molecule has 1 saturated heterocycles.